The SMILES string of the molecule is CC(C)C(=N)SC(=N)c1ccc(Oc2cc(C(=O)NCCCCC3CCCOC3)ccc2CN2CCCC2=O)cc1. The second-order valence-electron chi connectivity index (χ2n) is 11.2. The third kappa shape index (κ3) is 9.16. The molecule has 2 heterocycles. The van der Waals surface area contributed by atoms with E-state index in [2.05, 4.69) is 5.32 Å². The molecular weight excluding hydrogens is 536 g/mol. The molecule has 41 heavy (non-hydrogen) atoms. The van der Waals surface area contributed by atoms with Crippen molar-refractivity contribution in [2.24, 2.45) is 11.8 Å². The zero-order valence-corrected chi connectivity index (χ0v) is 25.0. The van der Waals surface area contributed by atoms with Gasteiger partial charge < -0.3 is 19.7 Å². The van der Waals surface area contributed by atoms with E-state index in [1.807, 2.05) is 24.8 Å². The van der Waals surface area contributed by atoms with Crippen LogP contribution in [-0.4, -0.2) is 53.1 Å². The summed E-state index contributed by atoms with van der Waals surface area (Å²) in [5, 5.41) is 20.2. The molecule has 0 bridgehead atoms. The average Bonchev–Trinajstić information content (AvgIpc) is 3.38. The highest BCUT2D eigenvalue weighted by molar-refractivity contribution is 8.26. The second-order valence-corrected chi connectivity index (χ2v) is 12.2. The van der Waals surface area contributed by atoms with Crippen LogP contribution in [0.4, 0.5) is 0 Å². The molecule has 0 aliphatic carbocycles. The lowest BCUT2D eigenvalue weighted by atomic mass is 9.96. The number of thioether (sulfide) groups is 1. The second kappa shape index (κ2) is 15.2. The van der Waals surface area contributed by atoms with Crippen molar-refractivity contribution in [3.8, 4) is 11.5 Å². The van der Waals surface area contributed by atoms with Gasteiger partial charge in [-0.1, -0.05) is 38.1 Å². The van der Waals surface area contributed by atoms with Gasteiger partial charge in [-0.15, -0.1) is 0 Å². The molecular formula is C32H42N4O4S. The summed E-state index contributed by atoms with van der Waals surface area (Å²) in [4.78, 5) is 27.1. The molecule has 8 nitrogen and oxygen atoms in total. The van der Waals surface area contributed by atoms with Crippen molar-refractivity contribution in [1.82, 2.24) is 10.2 Å². The minimum Gasteiger partial charge on any atom is -0.457 e. The Bertz CT molecular complexity index is 1220. The van der Waals surface area contributed by atoms with E-state index >= 15 is 0 Å². The van der Waals surface area contributed by atoms with E-state index in [9.17, 15) is 9.59 Å². The molecule has 2 amide bonds. The zero-order valence-electron chi connectivity index (χ0n) is 24.2. The van der Waals surface area contributed by atoms with E-state index in [1.165, 1.54) is 6.42 Å². The standard InChI is InChI=1S/C32H42N4O4S/c1-22(2)30(33)41-31(34)24-12-14-27(15-13-24)40-28-19-25(10-11-26(28)20-36-17-5-9-29(36)37)32(38)35-16-4-3-7-23-8-6-18-39-21-23/h10-15,19,22-23,33-34H,3-9,16-18,20-21H2,1-2H3,(H,35,38). The number of carbonyl (C=O) groups is 2. The minimum absolute atomic E-state index is 0.0741. The molecule has 0 aromatic heterocycles. The van der Waals surface area contributed by atoms with E-state index in [0.717, 1.165) is 62.6 Å². The van der Waals surface area contributed by atoms with Crippen LogP contribution < -0.4 is 10.1 Å². The first-order valence-corrected chi connectivity index (χ1v) is 15.5. The van der Waals surface area contributed by atoms with Crippen molar-refractivity contribution in [2.45, 2.75) is 65.3 Å². The summed E-state index contributed by atoms with van der Waals surface area (Å²) in [6.07, 6.45) is 6.91. The summed E-state index contributed by atoms with van der Waals surface area (Å²) >= 11 is 1.15. The summed E-state index contributed by atoms with van der Waals surface area (Å²) in [5.74, 6) is 1.81. The molecule has 9 heteroatoms. The Kier molecular flexibility index (Phi) is 11.4. The maximum atomic E-state index is 13.0. The van der Waals surface area contributed by atoms with Crippen LogP contribution in [0.15, 0.2) is 42.5 Å². The Labute approximate surface area is 247 Å². The smallest absolute Gasteiger partial charge is 0.251 e. The number of hydrogen-bond acceptors (Lipinski definition) is 7. The number of nitrogens with zero attached hydrogens (tertiary/aromatic N) is 1. The lowest BCUT2D eigenvalue weighted by molar-refractivity contribution is -0.128. The predicted octanol–water partition coefficient (Wildman–Crippen LogP) is 6.62. The molecule has 1 unspecified atom stereocenters. The summed E-state index contributed by atoms with van der Waals surface area (Å²) in [7, 11) is 0. The van der Waals surface area contributed by atoms with Gasteiger partial charge in [0.25, 0.3) is 5.91 Å². The number of rotatable bonds is 12. The summed E-state index contributed by atoms with van der Waals surface area (Å²) in [6, 6.07) is 12.6. The Morgan fingerprint density at radius 1 is 1.12 bits per heavy atom. The summed E-state index contributed by atoms with van der Waals surface area (Å²) in [6.45, 7) is 7.38. The highest BCUT2D eigenvalue weighted by Crippen LogP contribution is 2.30. The Morgan fingerprint density at radius 3 is 2.59 bits per heavy atom. The van der Waals surface area contributed by atoms with Crippen LogP contribution in [0.5, 0.6) is 11.5 Å². The van der Waals surface area contributed by atoms with Crippen LogP contribution in [0.3, 0.4) is 0 Å². The molecule has 220 valence electrons. The Hall–Kier alpha value is -3.17. The molecule has 1 atom stereocenters. The number of amides is 2. The van der Waals surface area contributed by atoms with Crippen LogP contribution in [-0.2, 0) is 16.1 Å². The molecule has 2 aliphatic rings. The van der Waals surface area contributed by atoms with Gasteiger partial charge in [-0.25, -0.2) is 0 Å². The molecule has 2 fully saturated rings. The van der Waals surface area contributed by atoms with Gasteiger partial charge >= 0.3 is 0 Å². The quantitative estimate of drug-likeness (QED) is 0.149. The topological polar surface area (TPSA) is 116 Å². The van der Waals surface area contributed by atoms with Crippen molar-refractivity contribution < 1.29 is 19.1 Å². The van der Waals surface area contributed by atoms with Crippen molar-refractivity contribution in [3.63, 3.8) is 0 Å². The number of carbonyl (C=O) groups excluding carboxylic acids is 2. The molecule has 3 N–H and O–H groups in total. The number of unbranched alkanes of at least 4 members (excludes halogenated alkanes) is 1. The minimum atomic E-state index is -0.145. The van der Waals surface area contributed by atoms with E-state index < -0.39 is 0 Å². The highest BCUT2D eigenvalue weighted by Gasteiger charge is 2.22. The van der Waals surface area contributed by atoms with Gasteiger partial charge in [-0.05, 0) is 74.4 Å². The monoisotopic (exact) mass is 578 g/mol. The number of likely N-dealkylation sites (tertiary alicyclic amines) is 1. The normalized spacial score (nSPS) is 17.1. The van der Waals surface area contributed by atoms with Gasteiger partial charge in [-0.3, -0.25) is 20.4 Å². The Morgan fingerprint density at radius 2 is 1.90 bits per heavy atom. The van der Waals surface area contributed by atoms with E-state index in [4.69, 9.17) is 20.3 Å². The largest absolute Gasteiger partial charge is 0.457 e. The van der Waals surface area contributed by atoms with Gasteiger partial charge in [0, 0.05) is 61.9 Å². The van der Waals surface area contributed by atoms with Crippen LogP contribution in [0.1, 0.15) is 80.3 Å². The van der Waals surface area contributed by atoms with Crippen molar-refractivity contribution in [1.29, 1.82) is 10.8 Å². The predicted molar refractivity (Wildman–Crippen MR) is 164 cm³/mol. The summed E-state index contributed by atoms with van der Waals surface area (Å²) in [5.41, 5.74) is 2.06. The first kappa shape index (κ1) is 30.8. The first-order chi connectivity index (χ1) is 19.8. The number of hydrogen-bond donors (Lipinski definition) is 3. The van der Waals surface area contributed by atoms with E-state index in [0.29, 0.717) is 64.7 Å². The van der Waals surface area contributed by atoms with Crippen LogP contribution in [0.25, 0.3) is 0 Å². The fourth-order valence-electron chi connectivity index (χ4n) is 4.98. The van der Waals surface area contributed by atoms with Crippen molar-refractivity contribution in [2.75, 3.05) is 26.3 Å². The van der Waals surface area contributed by atoms with Gasteiger partial charge in [-0.2, -0.15) is 0 Å². The lowest BCUT2D eigenvalue weighted by Crippen LogP contribution is -2.26. The van der Waals surface area contributed by atoms with Crippen LogP contribution >= 0.6 is 11.8 Å². The number of benzene rings is 2. The molecule has 2 aromatic carbocycles. The molecule has 2 aromatic rings. The highest BCUT2D eigenvalue weighted by atomic mass is 32.2. The van der Waals surface area contributed by atoms with Gasteiger partial charge in [0.15, 0.2) is 0 Å². The molecule has 0 spiro atoms. The van der Waals surface area contributed by atoms with E-state index in [1.54, 1.807) is 36.4 Å². The Balaban J connectivity index is 1.40. The maximum Gasteiger partial charge on any atom is 0.251 e. The molecule has 2 aliphatic heterocycles. The molecule has 0 saturated carbocycles. The third-order valence-electron chi connectivity index (χ3n) is 7.52. The number of nitrogens with one attached hydrogen (secondary N) is 3. The van der Waals surface area contributed by atoms with Crippen LogP contribution in [0, 0.1) is 22.7 Å². The zero-order chi connectivity index (χ0) is 29.2. The number of ether oxygens (including phenoxy) is 2. The fourth-order valence-corrected chi connectivity index (χ4v) is 5.69. The first-order valence-electron chi connectivity index (χ1n) is 14.7. The molecule has 2 saturated heterocycles. The van der Waals surface area contributed by atoms with Gasteiger partial charge in [0.05, 0.1) is 5.04 Å². The summed E-state index contributed by atoms with van der Waals surface area (Å²) < 4.78 is 11.8. The molecule has 4 rings (SSSR count). The average molecular weight is 579 g/mol. The van der Waals surface area contributed by atoms with Gasteiger partial charge in [0.1, 0.15) is 16.5 Å². The van der Waals surface area contributed by atoms with Crippen molar-refractivity contribution in [3.05, 3.63) is 59.2 Å². The lowest BCUT2D eigenvalue weighted by Gasteiger charge is -2.21. The van der Waals surface area contributed by atoms with Gasteiger partial charge in [0.2, 0.25) is 5.91 Å². The van der Waals surface area contributed by atoms with Crippen molar-refractivity contribution >= 4 is 33.7 Å². The third-order valence-corrected chi connectivity index (χ3v) is 8.65. The molecule has 0 radical (unpaired) electrons. The van der Waals surface area contributed by atoms with Crippen LogP contribution in [0.2, 0.25) is 0 Å². The fraction of sp³-hybridized carbons (Fsp3) is 0.500. The van der Waals surface area contributed by atoms with E-state index in [-0.39, 0.29) is 17.7 Å². The maximum absolute atomic E-state index is 13.0.